The van der Waals surface area contributed by atoms with Crippen molar-refractivity contribution in [1.82, 2.24) is 19.6 Å². The normalized spacial score (nSPS) is 18.5. The lowest BCUT2D eigenvalue weighted by Gasteiger charge is -2.47. The van der Waals surface area contributed by atoms with Gasteiger partial charge in [-0.15, -0.1) is 0 Å². The van der Waals surface area contributed by atoms with Crippen molar-refractivity contribution >= 4 is 69.3 Å². The lowest BCUT2D eigenvalue weighted by atomic mass is 9.59. The van der Waals surface area contributed by atoms with E-state index >= 15 is 0 Å². The van der Waals surface area contributed by atoms with Crippen molar-refractivity contribution < 1.29 is 19.2 Å². The van der Waals surface area contributed by atoms with Crippen molar-refractivity contribution in [3.8, 4) is 11.5 Å². The van der Waals surface area contributed by atoms with Crippen LogP contribution in [0.1, 0.15) is 72.9 Å². The Balaban J connectivity index is 0.912. The summed E-state index contributed by atoms with van der Waals surface area (Å²) in [5.41, 5.74) is 13.4. The summed E-state index contributed by atoms with van der Waals surface area (Å²) in [7, 11) is 0. The maximum Gasteiger partial charge on any atom is 0.281 e. The summed E-state index contributed by atoms with van der Waals surface area (Å²) in [5, 5.41) is 13.8. The molecular weight excluding hydrogens is 812 g/mol. The summed E-state index contributed by atoms with van der Waals surface area (Å²) in [6.45, 7) is 5.62. The van der Waals surface area contributed by atoms with Crippen LogP contribution in [-0.2, 0) is 4.74 Å². The topological polar surface area (TPSA) is 164 Å². The number of amides is 1. The minimum absolute atomic E-state index is 0.0211. The zero-order valence-electron chi connectivity index (χ0n) is 33.9. The molecule has 2 aliphatic heterocycles. The Morgan fingerprint density at radius 1 is 1.08 bits per heavy atom. The largest absolute Gasteiger partial charge is 0.455 e. The number of nitrogens with two attached hydrogens (primary N) is 1. The van der Waals surface area contributed by atoms with Crippen molar-refractivity contribution in [3.63, 3.8) is 0 Å². The highest BCUT2D eigenvalue weighted by atomic mass is 35.5. The average Bonchev–Trinajstić information content (AvgIpc) is 3.74. The van der Waals surface area contributed by atoms with Crippen LogP contribution >= 0.6 is 23.5 Å². The summed E-state index contributed by atoms with van der Waals surface area (Å²) in [6.07, 6.45) is 14.0. The molecule has 1 spiro atoms. The SMILES string of the molecule is Nc1cc(SNC(=O)c2ccc(N3CCN(CC4=C(c5ccc(Cl)cc5)CC5(CCC5)CC4)CC3)cc2Oc2cnc3[nH]ccc3c2)cc([N+](=O)[O-])c1C=NC1CCOCC1. The zero-order chi connectivity index (χ0) is 41.9. The number of nitro benzene ring substituents is 1. The van der Waals surface area contributed by atoms with Crippen molar-refractivity contribution in [1.29, 1.82) is 0 Å². The number of piperazine rings is 1. The molecule has 316 valence electrons. The first-order valence-corrected chi connectivity index (χ1v) is 22.2. The van der Waals surface area contributed by atoms with E-state index in [2.05, 4.69) is 41.6 Å². The van der Waals surface area contributed by atoms with Gasteiger partial charge in [0, 0.05) is 97.2 Å². The summed E-state index contributed by atoms with van der Waals surface area (Å²) in [4.78, 5) is 43.0. The lowest BCUT2D eigenvalue weighted by Crippen LogP contribution is -2.47. The molecule has 13 nitrogen and oxygen atoms in total. The highest BCUT2D eigenvalue weighted by Gasteiger charge is 2.41. The number of nitrogen functional groups attached to an aromatic ring is 1. The quantitative estimate of drug-likeness (QED) is 0.0362. The van der Waals surface area contributed by atoms with Gasteiger partial charge in [0.25, 0.3) is 11.6 Å². The number of nitrogens with zero attached hydrogens (tertiary/aromatic N) is 5. The number of halogens is 1. The van der Waals surface area contributed by atoms with E-state index in [4.69, 9.17) is 26.8 Å². The van der Waals surface area contributed by atoms with Gasteiger partial charge in [-0.05, 0) is 116 Å². The summed E-state index contributed by atoms with van der Waals surface area (Å²) in [6, 6.07) is 20.8. The highest BCUT2D eigenvalue weighted by molar-refractivity contribution is 7.98. The standard InChI is InChI=1S/C46H49ClN8O5S/c47-33-4-2-30(3-5-33)39-26-46(12-1-13-46)14-8-32(39)29-53-16-18-54(19-17-53)35-6-7-38(43(23-35)60-36-22-31-9-15-49-44(31)51-27-36)45(56)52-61-37-24-41(48)40(42(25-37)55(57)58)28-50-34-10-20-59-21-11-34/h2-7,9,15,22-25,27-28,34H,1,8,10-14,16-21,26,29,48H2,(H,49,51)(H,52,56). The second kappa shape index (κ2) is 17.9. The third kappa shape index (κ3) is 9.27. The molecule has 0 radical (unpaired) electrons. The number of carbonyl (C=O) groups is 1. The van der Waals surface area contributed by atoms with Crippen LogP contribution in [0.4, 0.5) is 17.1 Å². The van der Waals surface area contributed by atoms with Crippen LogP contribution in [0.15, 0.2) is 94.6 Å². The number of aromatic amines is 1. The van der Waals surface area contributed by atoms with Crippen molar-refractivity contribution in [2.45, 2.75) is 62.3 Å². The highest BCUT2D eigenvalue weighted by Crippen LogP contribution is 2.55. The predicted molar refractivity (Wildman–Crippen MR) is 242 cm³/mol. The van der Waals surface area contributed by atoms with Gasteiger partial charge in [0.1, 0.15) is 17.1 Å². The molecule has 0 atom stereocenters. The number of fused-ring (bicyclic) bond motifs is 1. The number of nitro groups is 1. The van der Waals surface area contributed by atoms with Crippen molar-refractivity contribution in [3.05, 3.63) is 117 Å². The van der Waals surface area contributed by atoms with Crippen LogP contribution in [0.25, 0.3) is 16.6 Å². The van der Waals surface area contributed by atoms with E-state index in [1.165, 1.54) is 49.1 Å². The fraction of sp³-hybridized carbons (Fsp3) is 0.370. The molecule has 4 N–H and O–H groups in total. The molecule has 5 aromatic rings. The maximum atomic E-state index is 13.9. The molecule has 3 fully saturated rings. The van der Waals surface area contributed by atoms with Crippen LogP contribution in [0.3, 0.4) is 0 Å². The summed E-state index contributed by atoms with van der Waals surface area (Å²) >= 11 is 7.24. The van der Waals surface area contributed by atoms with Crippen LogP contribution in [0.2, 0.25) is 5.02 Å². The number of aromatic nitrogens is 2. The van der Waals surface area contributed by atoms with Gasteiger partial charge in [0.15, 0.2) is 0 Å². The molecule has 2 aromatic heterocycles. The molecule has 0 bridgehead atoms. The van der Waals surface area contributed by atoms with E-state index in [0.717, 1.165) is 92.1 Å². The van der Waals surface area contributed by atoms with Gasteiger partial charge >= 0.3 is 0 Å². The molecule has 4 aliphatic rings. The Hall–Kier alpha value is -5.41. The molecule has 2 saturated heterocycles. The Labute approximate surface area is 364 Å². The van der Waals surface area contributed by atoms with Crippen molar-refractivity contribution in [2.24, 2.45) is 10.4 Å². The first-order chi connectivity index (χ1) is 29.7. The Morgan fingerprint density at radius 3 is 2.64 bits per heavy atom. The molecule has 1 amide bonds. The van der Waals surface area contributed by atoms with E-state index < -0.39 is 10.8 Å². The molecule has 4 heterocycles. The van der Waals surface area contributed by atoms with Gasteiger partial charge in [-0.1, -0.05) is 35.7 Å². The summed E-state index contributed by atoms with van der Waals surface area (Å²) in [5.74, 6) is 0.419. The summed E-state index contributed by atoms with van der Waals surface area (Å²) < 4.78 is 14.7. The van der Waals surface area contributed by atoms with Gasteiger partial charge in [-0.2, -0.15) is 0 Å². The van der Waals surface area contributed by atoms with Crippen LogP contribution < -0.4 is 20.1 Å². The number of H-pyrrole nitrogens is 1. The number of aliphatic imine (C=N–C) groups is 1. The second-order valence-electron chi connectivity index (χ2n) is 16.6. The first kappa shape index (κ1) is 41.0. The fourth-order valence-corrected chi connectivity index (χ4v) is 9.87. The second-order valence-corrected chi connectivity index (χ2v) is 17.9. The van der Waals surface area contributed by atoms with Crippen LogP contribution in [0.5, 0.6) is 11.5 Å². The van der Waals surface area contributed by atoms with Gasteiger partial charge in [0.2, 0.25) is 0 Å². The van der Waals surface area contributed by atoms with E-state index in [9.17, 15) is 14.9 Å². The molecule has 1 saturated carbocycles. The molecule has 9 rings (SSSR count). The number of hydrogen-bond donors (Lipinski definition) is 3. The Bertz CT molecular complexity index is 2490. The maximum absolute atomic E-state index is 13.9. The number of benzene rings is 3. The molecule has 3 aromatic carbocycles. The molecule has 2 aliphatic carbocycles. The minimum atomic E-state index is -0.483. The number of pyridine rings is 1. The third-order valence-electron chi connectivity index (χ3n) is 12.7. The number of anilines is 2. The van der Waals surface area contributed by atoms with Crippen LogP contribution in [-0.4, -0.2) is 83.9 Å². The van der Waals surface area contributed by atoms with E-state index in [1.54, 1.807) is 23.9 Å². The van der Waals surface area contributed by atoms with E-state index in [1.807, 2.05) is 42.6 Å². The fourth-order valence-electron chi connectivity index (χ4n) is 9.07. The molecular formula is C46H49ClN8O5S. The van der Waals surface area contributed by atoms with Crippen molar-refractivity contribution in [2.75, 3.05) is 56.6 Å². The molecule has 15 heteroatoms. The lowest BCUT2D eigenvalue weighted by molar-refractivity contribution is -0.385. The number of nitrogens with one attached hydrogen (secondary N) is 2. The van der Waals surface area contributed by atoms with Gasteiger partial charge < -0.3 is 25.1 Å². The van der Waals surface area contributed by atoms with Gasteiger partial charge in [-0.25, -0.2) is 4.98 Å². The Kier molecular flexibility index (Phi) is 12.0. The first-order valence-electron chi connectivity index (χ1n) is 21.0. The average molecular weight is 861 g/mol. The van der Waals surface area contributed by atoms with E-state index in [-0.39, 0.29) is 23.0 Å². The van der Waals surface area contributed by atoms with Gasteiger partial charge in [0.05, 0.1) is 28.3 Å². The van der Waals surface area contributed by atoms with Gasteiger partial charge in [-0.3, -0.25) is 29.5 Å². The third-order valence-corrected chi connectivity index (χ3v) is 13.7. The number of rotatable bonds is 12. The number of hydrogen-bond acceptors (Lipinski definition) is 11. The van der Waals surface area contributed by atoms with E-state index in [0.29, 0.717) is 40.6 Å². The molecule has 0 unspecified atom stereocenters. The number of ether oxygens (including phenoxy) is 2. The number of carbonyl (C=O) groups excluding carboxylic acids is 1. The minimum Gasteiger partial charge on any atom is -0.455 e. The zero-order valence-corrected chi connectivity index (χ0v) is 35.5. The predicted octanol–water partition coefficient (Wildman–Crippen LogP) is 9.46. The molecule has 61 heavy (non-hydrogen) atoms. The Morgan fingerprint density at radius 2 is 1.89 bits per heavy atom. The number of allylic oxidation sites excluding steroid dienone is 1. The monoisotopic (exact) mass is 860 g/mol. The van der Waals surface area contributed by atoms with Crippen LogP contribution in [0, 0.1) is 15.5 Å². The smallest absolute Gasteiger partial charge is 0.281 e.